The van der Waals surface area contributed by atoms with Gasteiger partial charge in [0.05, 0.1) is 47.2 Å². The first-order valence-electron chi connectivity index (χ1n) is 25.5. The SMILES string of the molecule is CCNc1nc2oc(-c3ccc(F)cc3)c(C(=O)NC)c2cc1-c1ccc(OC)c(C(=O)CCC(F)(F)C(F)(F)C(F)(F)F)c1.CNC(=O)c1c(-c2ccc(F)cc2)oc2nc(Cl)c(-c3ccc(OC)c(C(=O)CCC(F)(F)C(F)(F)C(F)(F)F)c3)cc12. The molecule has 0 unspecified atom stereocenters. The normalized spacial score (nSPS) is 12.4. The van der Waals surface area contributed by atoms with E-state index in [1.165, 1.54) is 93.0 Å². The number of benzene rings is 4. The highest BCUT2D eigenvalue weighted by Gasteiger charge is 2.73. The molecule has 0 saturated heterocycles. The lowest BCUT2D eigenvalue weighted by Gasteiger charge is -2.28. The summed E-state index contributed by atoms with van der Waals surface area (Å²) in [5, 5.41) is 8.14. The average molecular weight is 1280 g/mol. The summed E-state index contributed by atoms with van der Waals surface area (Å²) in [6, 6.07) is 20.8. The first kappa shape index (κ1) is 66.6. The van der Waals surface area contributed by atoms with Crippen molar-refractivity contribution < 1.29 is 108 Å². The maximum absolute atomic E-state index is 13.9. The average Bonchev–Trinajstić information content (AvgIpc) is 1.62. The van der Waals surface area contributed by atoms with Crippen LogP contribution in [0, 0.1) is 11.6 Å². The summed E-state index contributed by atoms with van der Waals surface area (Å²) in [6.07, 6.45) is -20.0. The number of anilines is 1. The Morgan fingerprint density at radius 2 is 0.886 bits per heavy atom. The zero-order valence-electron chi connectivity index (χ0n) is 45.9. The van der Waals surface area contributed by atoms with Gasteiger partial charge >= 0.3 is 36.0 Å². The largest absolute Gasteiger partial charge is 0.496 e. The van der Waals surface area contributed by atoms with Crippen LogP contribution < -0.4 is 25.4 Å². The standard InChI is InChI=1S/C30H25F8N3O4.C28H19ClF8N2O4/c1-4-40-25-18(14-20-23(26(43)39-2)24(45-27(20)41-25)15-5-8-17(31)9-6-15)16-7-10-22(44-3)19(13-16)21(42)11-12-28(32,33)29(34,35)30(36,37)38;1-38-24(41)21-18-12-16(23(29)39-25(18)43-22(21)13-3-6-15(30)7-4-13)14-5-8-20(42-2)17(11-14)19(40)9-10-26(31,32)27(33,34)28(35,36)37/h5-10,13-14H,4,11-12H2,1-3H3,(H,39,43)(H,40,41);3-8,11-12H,9-10H2,1-2H3,(H,38,41). The smallest absolute Gasteiger partial charge is 0.459 e. The van der Waals surface area contributed by atoms with Gasteiger partial charge in [-0.05, 0) is 103 Å². The molecule has 0 aliphatic carbocycles. The molecule has 2 amide bonds. The van der Waals surface area contributed by atoms with E-state index in [2.05, 4.69) is 25.9 Å². The Morgan fingerprint density at radius 3 is 1.25 bits per heavy atom. The van der Waals surface area contributed by atoms with Crippen LogP contribution >= 0.6 is 11.6 Å². The molecule has 8 rings (SSSR count). The Hall–Kier alpha value is -8.89. The molecule has 30 heteroatoms. The Morgan fingerprint density at radius 1 is 0.523 bits per heavy atom. The van der Waals surface area contributed by atoms with Crippen LogP contribution in [0.3, 0.4) is 0 Å². The predicted molar refractivity (Wildman–Crippen MR) is 288 cm³/mol. The molecule has 0 fully saturated rings. The number of ketones is 2. The van der Waals surface area contributed by atoms with Crippen LogP contribution in [0.25, 0.3) is 67.1 Å². The summed E-state index contributed by atoms with van der Waals surface area (Å²) in [7, 11) is 5.01. The highest BCUT2D eigenvalue weighted by molar-refractivity contribution is 6.33. The molecule has 0 aliphatic heterocycles. The Labute approximate surface area is 491 Å². The van der Waals surface area contributed by atoms with Gasteiger partial charge in [0.25, 0.3) is 11.8 Å². The number of rotatable bonds is 20. The third-order valence-electron chi connectivity index (χ3n) is 13.4. The topological polar surface area (TPSA) is 175 Å². The minimum Gasteiger partial charge on any atom is -0.496 e. The molecular formula is C58H44ClF16N5O8. The van der Waals surface area contributed by atoms with Crippen LogP contribution in [-0.4, -0.2) is 104 Å². The number of methoxy groups -OCH3 is 2. The maximum atomic E-state index is 13.9. The van der Waals surface area contributed by atoms with Crippen molar-refractivity contribution in [2.24, 2.45) is 0 Å². The molecule has 0 aliphatic rings. The van der Waals surface area contributed by atoms with Gasteiger partial charge in [-0.25, -0.2) is 13.8 Å². The van der Waals surface area contributed by atoms with Gasteiger partial charge in [0.15, 0.2) is 11.6 Å². The summed E-state index contributed by atoms with van der Waals surface area (Å²) < 4.78 is 233. The van der Waals surface area contributed by atoms with Crippen LogP contribution in [0.15, 0.2) is 106 Å². The molecule has 4 aromatic heterocycles. The number of carbonyl (C=O) groups excluding carboxylic acids is 4. The molecule has 8 aromatic rings. The lowest BCUT2D eigenvalue weighted by molar-refractivity contribution is -0.355. The molecular weight excluding hydrogens is 1230 g/mol. The fourth-order valence-corrected chi connectivity index (χ4v) is 9.03. The van der Waals surface area contributed by atoms with E-state index < -0.39 is 102 Å². The van der Waals surface area contributed by atoms with Crippen LogP contribution in [-0.2, 0) is 0 Å². The van der Waals surface area contributed by atoms with E-state index in [1.807, 2.05) is 0 Å². The molecule has 0 saturated carbocycles. The number of amides is 2. The number of nitrogens with zero attached hydrogens (tertiary/aromatic N) is 2. The van der Waals surface area contributed by atoms with Crippen LogP contribution in [0.1, 0.15) is 74.0 Å². The fraction of sp³-hybridized carbons (Fsp3) is 0.276. The number of alkyl halides is 14. The van der Waals surface area contributed by atoms with Crippen molar-refractivity contribution in [2.45, 2.75) is 68.6 Å². The molecule has 4 aromatic carbocycles. The van der Waals surface area contributed by atoms with Gasteiger partial charge in [-0.1, -0.05) is 23.7 Å². The molecule has 0 atom stereocenters. The van der Waals surface area contributed by atoms with Gasteiger partial charge < -0.3 is 34.3 Å². The van der Waals surface area contributed by atoms with E-state index in [0.29, 0.717) is 17.7 Å². The lowest BCUT2D eigenvalue weighted by Crippen LogP contribution is -2.52. The summed E-state index contributed by atoms with van der Waals surface area (Å²) in [5.41, 5.74) is 0.666. The van der Waals surface area contributed by atoms with Gasteiger partial charge in [-0.3, -0.25) is 19.2 Å². The number of Topliss-reactive ketones (excluding diaryl/α,β-unsaturated/α-hetero) is 2. The molecule has 0 bridgehead atoms. The van der Waals surface area contributed by atoms with Crippen molar-refractivity contribution in [2.75, 3.05) is 40.2 Å². The number of hydrogen-bond donors (Lipinski definition) is 3. The Kier molecular flexibility index (Phi) is 19.3. The molecule has 3 N–H and O–H groups in total. The zero-order chi connectivity index (χ0) is 65.2. The first-order valence-corrected chi connectivity index (χ1v) is 25.8. The van der Waals surface area contributed by atoms with Gasteiger partial charge in [0.1, 0.15) is 45.6 Å². The van der Waals surface area contributed by atoms with E-state index in [1.54, 1.807) is 6.92 Å². The lowest BCUT2D eigenvalue weighted by atomic mass is 9.95. The highest BCUT2D eigenvalue weighted by Crippen LogP contribution is 2.51. The third kappa shape index (κ3) is 13.2. The summed E-state index contributed by atoms with van der Waals surface area (Å²) >= 11 is 6.37. The van der Waals surface area contributed by atoms with Gasteiger partial charge in [-0.15, -0.1) is 0 Å². The monoisotopic (exact) mass is 1280 g/mol. The van der Waals surface area contributed by atoms with E-state index in [9.17, 15) is 89.4 Å². The highest BCUT2D eigenvalue weighted by atomic mass is 35.5. The van der Waals surface area contributed by atoms with Gasteiger partial charge in [0, 0.05) is 68.6 Å². The number of carbonyl (C=O) groups is 4. The number of aromatic nitrogens is 2. The molecule has 0 radical (unpaired) electrons. The molecule has 468 valence electrons. The van der Waals surface area contributed by atoms with Crippen LogP contribution in [0.4, 0.5) is 76.1 Å². The van der Waals surface area contributed by atoms with Crippen LogP contribution in [0.2, 0.25) is 5.15 Å². The predicted octanol–water partition coefficient (Wildman–Crippen LogP) is 16.0. The quantitative estimate of drug-likeness (QED) is 0.0376. The van der Waals surface area contributed by atoms with E-state index >= 15 is 0 Å². The van der Waals surface area contributed by atoms with Gasteiger partial charge in [-0.2, -0.15) is 66.4 Å². The Balaban J connectivity index is 0.000000251. The number of nitrogens with one attached hydrogen (secondary N) is 3. The molecule has 13 nitrogen and oxygen atoms in total. The van der Waals surface area contributed by atoms with E-state index in [4.69, 9.17) is 29.9 Å². The molecule has 88 heavy (non-hydrogen) atoms. The summed E-state index contributed by atoms with van der Waals surface area (Å²) in [4.78, 5) is 60.2. The van der Waals surface area contributed by atoms with Crippen molar-refractivity contribution in [3.05, 3.63) is 136 Å². The van der Waals surface area contributed by atoms with Crippen molar-refractivity contribution in [1.82, 2.24) is 20.6 Å². The van der Waals surface area contributed by atoms with Crippen molar-refractivity contribution >= 4 is 63.0 Å². The number of ether oxygens (including phenoxy) is 2. The zero-order valence-corrected chi connectivity index (χ0v) is 46.6. The second-order valence-corrected chi connectivity index (χ2v) is 19.3. The third-order valence-corrected chi connectivity index (χ3v) is 13.7. The number of furan rings is 2. The minimum atomic E-state index is -6.53. The number of pyridine rings is 2. The van der Waals surface area contributed by atoms with Crippen molar-refractivity contribution in [3.8, 4) is 56.4 Å². The van der Waals surface area contributed by atoms with E-state index in [-0.39, 0.29) is 95.1 Å². The minimum absolute atomic E-state index is 0.00663. The number of fused-ring (bicyclic) bond motifs is 2. The first-order chi connectivity index (χ1) is 41.1. The van der Waals surface area contributed by atoms with Crippen LogP contribution in [0.5, 0.6) is 11.5 Å². The molecule has 0 spiro atoms. The second-order valence-electron chi connectivity index (χ2n) is 19.0. The van der Waals surface area contributed by atoms with E-state index in [0.717, 1.165) is 32.4 Å². The summed E-state index contributed by atoms with van der Waals surface area (Å²) in [5.74, 6) is -28.5. The fourth-order valence-electron chi connectivity index (χ4n) is 8.79. The van der Waals surface area contributed by atoms with Gasteiger partial charge in [0.2, 0.25) is 11.4 Å². The maximum Gasteiger partial charge on any atom is 0.459 e. The number of hydrogen-bond acceptors (Lipinski definition) is 11. The number of halogens is 17. The van der Waals surface area contributed by atoms with Crippen molar-refractivity contribution in [3.63, 3.8) is 0 Å². The summed E-state index contributed by atoms with van der Waals surface area (Å²) in [6.45, 7) is 2.08. The molecule has 4 heterocycles. The second kappa shape index (κ2) is 25.4. The van der Waals surface area contributed by atoms with Crippen molar-refractivity contribution in [1.29, 1.82) is 0 Å². The Bertz CT molecular complexity index is 3940.